The maximum atomic E-state index is 13.8. The SMILES string of the molecule is CNC(CC1CCNC1)c1cc(Br)ccc1F. The molecule has 1 aromatic carbocycles. The topological polar surface area (TPSA) is 24.1 Å². The van der Waals surface area contributed by atoms with Crippen LogP contribution in [0.2, 0.25) is 0 Å². The molecule has 1 fully saturated rings. The van der Waals surface area contributed by atoms with Gasteiger partial charge in [0.1, 0.15) is 5.82 Å². The second-order valence-electron chi connectivity index (χ2n) is 4.60. The highest BCUT2D eigenvalue weighted by Gasteiger charge is 2.22. The van der Waals surface area contributed by atoms with E-state index in [-0.39, 0.29) is 11.9 Å². The van der Waals surface area contributed by atoms with Crippen LogP contribution in [0.5, 0.6) is 0 Å². The minimum absolute atomic E-state index is 0.0948. The zero-order valence-electron chi connectivity index (χ0n) is 9.97. The van der Waals surface area contributed by atoms with Gasteiger partial charge < -0.3 is 10.6 Å². The molecule has 1 aliphatic rings. The number of nitrogens with one attached hydrogen (secondary N) is 2. The van der Waals surface area contributed by atoms with Crippen molar-refractivity contribution in [2.75, 3.05) is 20.1 Å². The van der Waals surface area contributed by atoms with E-state index < -0.39 is 0 Å². The first-order valence-corrected chi connectivity index (χ1v) is 6.83. The van der Waals surface area contributed by atoms with Crippen LogP contribution in [0.15, 0.2) is 22.7 Å². The van der Waals surface area contributed by atoms with Crippen LogP contribution in [0.3, 0.4) is 0 Å². The molecule has 1 aliphatic heterocycles. The van der Waals surface area contributed by atoms with E-state index in [2.05, 4.69) is 26.6 Å². The number of rotatable bonds is 4. The average molecular weight is 301 g/mol. The lowest BCUT2D eigenvalue weighted by molar-refractivity contribution is 0.418. The molecule has 0 saturated carbocycles. The summed E-state index contributed by atoms with van der Waals surface area (Å²) in [5.74, 6) is 0.518. The van der Waals surface area contributed by atoms with Crippen molar-refractivity contribution in [3.63, 3.8) is 0 Å². The molecule has 2 N–H and O–H groups in total. The van der Waals surface area contributed by atoms with Crippen molar-refractivity contribution in [1.29, 1.82) is 0 Å². The molecule has 0 amide bonds. The Morgan fingerprint density at radius 2 is 2.41 bits per heavy atom. The lowest BCUT2D eigenvalue weighted by atomic mass is 9.94. The van der Waals surface area contributed by atoms with E-state index >= 15 is 0 Å². The highest BCUT2D eigenvalue weighted by molar-refractivity contribution is 9.10. The first-order valence-electron chi connectivity index (χ1n) is 6.03. The lowest BCUT2D eigenvalue weighted by Gasteiger charge is -2.21. The first kappa shape index (κ1) is 13.0. The van der Waals surface area contributed by atoms with Crippen LogP contribution in [-0.4, -0.2) is 20.1 Å². The number of hydrogen-bond acceptors (Lipinski definition) is 2. The largest absolute Gasteiger partial charge is 0.316 e. The zero-order valence-corrected chi connectivity index (χ0v) is 11.6. The van der Waals surface area contributed by atoms with Gasteiger partial charge in [0.2, 0.25) is 0 Å². The van der Waals surface area contributed by atoms with Gasteiger partial charge >= 0.3 is 0 Å². The second kappa shape index (κ2) is 5.94. The van der Waals surface area contributed by atoms with Gasteiger partial charge in [0.25, 0.3) is 0 Å². The average Bonchev–Trinajstić information content (AvgIpc) is 2.82. The van der Waals surface area contributed by atoms with Crippen LogP contribution in [0.4, 0.5) is 4.39 Å². The fourth-order valence-electron chi connectivity index (χ4n) is 2.43. The maximum Gasteiger partial charge on any atom is 0.128 e. The van der Waals surface area contributed by atoms with E-state index in [9.17, 15) is 4.39 Å². The standard InChI is InChI=1S/C13H18BrFN2/c1-16-13(6-9-4-5-17-8-9)11-7-10(14)2-3-12(11)15/h2-3,7,9,13,16-17H,4-6,8H2,1H3. The Morgan fingerprint density at radius 3 is 3.06 bits per heavy atom. The third-order valence-corrected chi connectivity index (χ3v) is 3.91. The highest BCUT2D eigenvalue weighted by atomic mass is 79.9. The fourth-order valence-corrected chi connectivity index (χ4v) is 2.81. The van der Waals surface area contributed by atoms with Gasteiger partial charge in [-0.1, -0.05) is 15.9 Å². The Balaban J connectivity index is 2.13. The summed E-state index contributed by atoms with van der Waals surface area (Å²) in [5.41, 5.74) is 0.758. The van der Waals surface area contributed by atoms with Crippen LogP contribution in [0, 0.1) is 11.7 Å². The molecule has 17 heavy (non-hydrogen) atoms. The van der Waals surface area contributed by atoms with Gasteiger partial charge in [-0.05, 0) is 57.1 Å². The lowest BCUT2D eigenvalue weighted by Crippen LogP contribution is -2.22. The van der Waals surface area contributed by atoms with E-state index in [0.29, 0.717) is 5.92 Å². The fraction of sp³-hybridized carbons (Fsp3) is 0.538. The predicted molar refractivity (Wildman–Crippen MR) is 71.5 cm³/mol. The first-order chi connectivity index (χ1) is 8.20. The Morgan fingerprint density at radius 1 is 1.59 bits per heavy atom. The molecule has 0 aliphatic carbocycles. The summed E-state index contributed by atoms with van der Waals surface area (Å²) < 4.78 is 14.7. The number of halogens is 2. The molecule has 0 radical (unpaired) electrons. The highest BCUT2D eigenvalue weighted by Crippen LogP contribution is 2.28. The van der Waals surface area contributed by atoms with Crippen LogP contribution in [0.1, 0.15) is 24.4 Å². The molecule has 94 valence electrons. The Labute approximate surface area is 110 Å². The molecule has 0 bridgehead atoms. The van der Waals surface area contributed by atoms with Gasteiger partial charge in [0.15, 0.2) is 0 Å². The number of hydrogen-bond donors (Lipinski definition) is 2. The second-order valence-corrected chi connectivity index (χ2v) is 5.52. The molecule has 2 nitrogen and oxygen atoms in total. The normalized spacial score (nSPS) is 21.7. The van der Waals surface area contributed by atoms with Crippen LogP contribution in [-0.2, 0) is 0 Å². The molecule has 2 atom stereocenters. The van der Waals surface area contributed by atoms with Crippen LogP contribution >= 0.6 is 15.9 Å². The van der Waals surface area contributed by atoms with Crippen molar-refractivity contribution >= 4 is 15.9 Å². The monoisotopic (exact) mass is 300 g/mol. The molecular weight excluding hydrogens is 283 g/mol. The third-order valence-electron chi connectivity index (χ3n) is 3.41. The van der Waals surface area contributed by atoms with Crippen LogP contribution in [0.25, 0.3) is 0 Å². The van der Waals surface area contributed by atoms with Gasteiger partial charge in [0.05, 0.1) is 0 Å². The van der Waals surface area contributed by atoms with Gasteiger partial charge in [-0.2, -0.15) is 0 Å². The zero-order chi connectivity index (χ0) is 12.3. The van der Waals surface area contributed by atoms with Gasteiger partial charge in [-0.15, -0.1) is 0 Å². The predicted octanol–water partition coefficient (Wildman–Crippen LogP) is 2.85. The molecule has 4 heteroatoms. The van der Waals surface area contributed by atoms with Crippen molar-refractivity contribution in [3.05, 3.63) is 34.1 Å². The minimum Gasteiger partial charge on any atom is -0.316 e. The quantitative estimate of drug-likeness (QED) is 0.893. The van der Waals surface area contributed by atoms with E-state index in [0.717, 1.165) is 29.5 Å². The molecule has 2 rings (SSSR count). The van der Waals surface area contributed by atoms with Crippen LogP contribution < -0.4 is 10.6 Å². The van der Waals surface area contributed by atoms with E-state index in [4.69, 9.17) is 0 Å². The van der Waals surface area contributed by atoms with E-state index in [1.165, 1.54) is 12.5 Å². The van der Waals surface area contributed by atoms with Crippen molar-refractivity contribution < 1.29 is 4.39 Å². The summed E-state index contributed by atoms with van der Waals surface area (Å²) in [5, 5.41) is 6.57. The third kappa shape index (κ3) is 3.27. The summed E-state index contributed by atoms with van der Waals surface area (Å²) in [7, 11) is 1.90. The molecule has 2 unspecified atom stereocenters. The summed E-state index contributed by atoms with van der Waals surface area (Å²) >= 11 is 3.40. The molecular formula is C13H18BrFN2. The van der Waals surface area contributed by atoms with Crippen molar-refractivity contribution in [3.8, 4) is 0 Å². The van der Waals surface area contributed by atoms with Crippen molar-refractivity contribution in [1.82, 2.24) is 10.6 Å². The number of benzene rings is 1. The Kier molecular flexibility index (Phi) is 4.54. The molecule has 1 saturated heterocycles. The van der Waals surface area contributed by atoms with Gasteiger partial charge in [-0.25, -0.2) is 4.39 Å². The van der Waals surface area contributed by atoms with E-state index in [1.807, 2.05) is 13.1 Å². The minimum atomic E-state index is -0.126. The molecule has 0 aromatic heterocycles. The Bertz CT molecular complexity index is 378. The molecule has 1 aromatic rings. The summed E-state index contributed by atoms with van der Waals surface area (Å²) in [4.78, 5) is 0. The summed E-state index contributed by atoms with van der Waals surface area (Å²) in [6.45, 7) is 2.13. The van der Waals surface area contributed by atoms with Gasteiger partial charge in [0, 0.05) is 16.1 Å². The summed E-state index contributed by atoms with van der Waals surface area (Å²) in [6, 6.07) is 5.23. The van der Waals surface area contributed by atoms with E-state index in [1.54, 1.807) is 6.07 Å². The van der Waals surface area contributed by atoms with Crippen molar-refractivity contribution in [2.24, 2.45) is 5.92 Å². The Hall–Kier alpha value is -0.450. The maximum absolute atomic E-state index is 13.8. The smallest absolute Gasteiger partial charge is 0.128 e. The van der Waals surface area contributed by atoms with Crippen molar-refractivity contribution in [2.45, 2.75) is 18.9 Å². The summed E-state index contributed by atoms with van der Waals surface area (Å²) in [6.07, 6.45) is 2.17. The van der Waals surface area contributed by atoms with Gasteiger partial charge in [-0.3, -0.25) is 0 Å². The molecule has 1 heterocycles. The molecule has 0 spiro atoms.